The van der Waals surface area contributed by atoms with Gasteiger partial charge in [-0.15, -0.1) is 11.3 Å². The van der Waals surface area contributed by atoms with Gasteiger partial charge in [0, 0.05) is 30.0 Å². The molecule has 14 heteroatoms. The normalized spacial score (nSPS) is 14.6. The Morgan fingerprint density at radius 3 is 2.30 bits per heavy atom. The fraction of sp³-hybridized carbons (Fsp3) is 0.100. The van der Waals surface area contributed by atoms with Gasteiger partial charge in [0.2, 0.25) is 0 Å². The molecule has 1 aliphatic rings. The summed E-state index contributed by atoms with van der Waals surface area (Å²) in [6.45, 7) is 1.51. The number of anilines is 1. The molecular weight excluding hydrogens is 590 g/mol. The first-order valence-electron chi connectivity index (χ1n) is 13.1. The molecule has 5 rings (SSSR count). The third kappa shape index (κ3) is 5.61. The van der Waals surface area contributed by atoms with E-state index in [4.69, 9.17) is 10.5 Å². The summed E-state index contributed by atoms with van der Waals surface area (Å²) in [6.07, 6.45) is 1.41. The number of thiazole rings is 1. The van der Waals surface area contributed by atoms with Gasteiger partial charge in [0.25, 0.3) is 22.8 Å². The molecule has 2 heterocycles. The van der Waals surface area contributed by atoms with E-state index in [0.29, 0.717) is 11.3 Å². The van der Waals surface area contributed by atoms with Crippen LogP contribution in [0, 0.1) is 20.2 Å². The molecular formula is C30H23N5O8S. The molecule has 0 aliphatic carbocycles. The highest BCUT2D eigenvalue weighted by Crippen LogP contribution is 2.38. The van der Waals surface area contributed by atoms with E-state index in [-0.39, 0.29) is 49.7 Å². The van der Waals surface area contributed by atoms with Gasteiger partial charge in [-0.05, 0) is 36.3 Å². The van der Waals surface area contributed by atoms with Crippen LogP contribution in [0.3, 0.4) is 0 Å². The van der Waals surface area contributed by atoms with Crippen molar-refractivity contribution in [2.75, 3.05) is 11.9 Å². The highest BCUT2D eigenvalue weighted by molar-refractivity contribution is 7.07. The maximum Gasteiger partial charge on any atom is 0.338 e. The first-order valence-corrected chi connectivity index (χ1v) is 13.9. The van der Waals surface area contributed by atoms with Crippen LogP contribution in [0.1, 0.15) is 24.0 Å². The lowest BCUT2D eigenvalue weighted by Gasteiger charge is -2.27. The van der Waals surface area contributed by atoms with Crippen molar-refractivity contribution in [1.82, 2.24) is 4.57 Å². The largest absolute Gasteiger partial charge is 0.463 e. The number of hydrogen-bond donors (Lipinski definition) is 2. The van der Waals surface area contributed by atoms with Crippen LogP contribution in [-0.4, -0.2) is 32.9 Å². The Kier molecular flexibility index (Phi) is 8.17. The van der Waals surface area contributed by atoms with E-state index >= 15 is 0 Å². The number of non-ortho nitro benzene ring substituents is 2. The number of aromatic nitrogens is 1. The quantitative estimate of drug-likeness (QED) is 0.171. The Hall–Kier alpha value is -5.89. The molecule has 13 nitrogen and oxygen atoms in total. The average molecular weight is 614 g/mol. The number of amides is 1. The summed E-state index contributed by atoms with van der Waals surface area (Å²) in [5, 5.41) is 25.7. The molecule has 1 unspecified atom stereocenters. The molecule has 0 fully saturated rings. The Labute approximate surface area is 252 Å². The van der Waals surface area contributed by atoms with Crippen molar-refractivity contribution in [3.63, 3.8) is 0 Å². The molecule has 222 valence electrons. The number of nitrogens with two attached hydrogens (primary N) is 1. The van der Waals surface area contributed by atoms with Gasteiger partial charge in [0.1, 0.15) is 10.5 Å². The maximum atomic E-state index is 14.1. The molecule has 1 aliphatic heterocycles. The molecule has 1 amide bonds. The van der Waals surface area contributed by atoms with Crippen LogP contribution in [0.2, 0.25) is 0 Å². The monoisotopic (exact) mass is 613 g/mol. The Morgan fingerprint density at radius 2 is 1.64 bits per heavy atom. The molecule has 0 spiro atoms. The number of rotatable bonds is 8. The van der Waals surface area contributed by atoms with E-state index in [0.717, 1.165) is 15.9 Å². The van der Waals surface area contributed by atoms with Crippen molar-refractivity contribution >= 4 is 57.7 Å². The minimum Gasteiger partial charge on any atom is -0.463 e. The van der Waals surface area contributed by atoms with Gasteiger partial charge >= 0.3 is 5.97 Å². The number of benzene rings is 3. The van der Waals surface area contributed by atoms with Crippen LogP contribution in [0.25, 0.3) is 17.5 Å². The third-order valence-electron chi connectivity index (χ3n) is 6.71. The van der Waals surface area contributed by atoms with E-state index in [1.54, 1.807) is 43.3 Å². The second-order valence-electron chi connectivity index (χ2n) is 9.45. The molecule has 0 saturated carbocycles. The van der Waals surface area contributed by atoms with Crippen molar-refractivity contribution in [1.29, 1.82) is 0 Å². The lowest BCUT2D eigenvalue weighted by atomic mass is 9.82. The van der Waals surface area contributed by atoms with E-state index in [1.165, 1.54) is 48.5 Å². The zero-order chi connectivity index (χ0) is 31.5. The minimum atomic E-state index is -1.26. The summed E-state index contributed by atoms with van der Waals surface area (Å²) in [4.78, 5) is 63.1. The number of carbonyl (C=O) groups is 2. The predicted octanol–water partition coefficient (Wildman–Crippen LogP) is 2.83. The Bertz CT molecular complexity index is 2050. The molecule has 3 N–H and O–H groups in total. The van der Waals surface area contributed by atoms with Crippen LogP contribution in [0.15, 0.2) is 89.2 Å². The van der Waals surface area contributed by atoms with Gasteiger partial charge in [-0.1, -0.05) is 42.5 Å². The van der Waals surface area contributed by atoms with Gasteiger partial charge in [-0.3, -0.25) is 34.4 Å². The van der Waals surface area contributed by atoms with Crippen molar-refractivity contribution in [3.8, 4) is 0 Å². The van der Waals surface area contributed by atoms with E-state index < -0.39 is 33.2 Å². The van der Waals surface area contributed by atoms with Crippen molar-refractivity contribution in [3.05, 3.63) is 135 Å². The SMILES string of the molecule is CCOC(=O)C1=C(N)n2c(s/c(=C/c3cccc([N+](=O)[O-])c3)c2=O)=C(C(=O)Nc2ccccc2)C1c1cccc([N+](=O)[O-])c1. The number of ether oxygens (including phenoxy) is 1. The minimum absolute atomic E-state index is 0.0555. The summed E-state index contributed by atoms with van der Waals surface area (Å²) in [7, 11) is 0. The molecule has 1 aromatic heterocycles. The average Bonchev–Trinajstić information content (AvgIpc) is 3.32. The van der Waals surface area contributed by atoms with Crippen molar-refractivity contribution in [2.45, 2.75) is 12.8 Å². The lowest BCUT2D eigenvalue weighted by molar-refractivity contribution is -0.385. The molecule has 0 bridgehead atoms. The summed E-state index contributed by atoms with van der Waals surface area (Å²) < 4.78 is 6.44. The van der Waals surface area contributed by atoms with Gasteiger partial charge in [0.15, 0.2) is 0 Å². The fourth-order valence-corrected chi connectivity index (χ4v) is 6.00. The zero-order valence-corrected chi connectivity index (χ0v) is 23.8. The maximum absolute atomic E-state index is 14.1. The van der Waals surface area contributed by atoms with Crippen LogP contribution >= 0.6 is 11.3 Å². The number of nitrogens with zero attached hydrogens (tertiary/aromatic N) is 3. The van der Waals surface area contributed by atoms with Crippen LogP contribution in [0.4, 0.5) is 17.1 Å². The molecule has 0 saturated heterocycles. The van der Waals surface area contributed by atoms with Crippen LogP contribution < -0.4 is 25.8 Å². The number of hydrogen-bond acceptors (Lipinski definition) is 10. The standard InChI is InChI=1S/C30H23N5O8S/c1-2-43-30(38)24-23(18-9-7-13-21(16-18)35(41)42)25(27(36)32-19-10-4-3-5-11-19)29-33(26(24)31)28(37)22(44-29)15-17-8-6-12-20(14-17)34(39)40/h3-16,23H,2,31H2,1H3,(H,32,36)/b22-15+. The Morgan fingerprint density at radius 1 is 0.977 bits per heavy atom. The van der Waals surface area contributed by atoms with Crippen LogP contribution in [-0.2, 0) is 14.3 Å². The van der Waals surface area contributed by atoms with Crippen LogP contribution in [0.5, 0.6) is 0 Å². The molecule has 0 radical (unpaired) electrons. The van der Waals surface area contributed by atoms with E-state index in [1.807, 2.05) is 0 Å². The third-order valence-corrected chi connectivity index (χ3v) is 7.82. The highest BCUT2D eigenvalue weighted by Gasteiger charge is 2.39. The number of para-hydroxylation sites is 1. The van der Waals surface area contributed by atoms with Crippen molar-refractivity contribution in [2.24, 2.45) is 5.73 Å². The summed E-state index contributed by atoms with van der Waals surface area (Å²) in [5.74, 6) is -3.19. The van der Waals surface area contributed by atoms with Gasteiger partial charge in [0.05, 0.1) is 38.0 Å². The van der Waals surface area contributed by atoms with E-state index in [2.05, 4.69) is 5.32 Å². The molecule has 4 aromatic rings. The number of nitro benzene ring substituents is 2. The summed E-state index contributed by atoms with van der Waals surface area (Å²) >= 11 is 0.885. The highest BCUT2D eigenvalue weighted by atomic mass is 32.1. The van der Waals surface area contributed by atoms with Crippen molar-refractivity contribution < 1.29 is 24.2 Å². The van der Waals surface area contributed by atoms with Gasteiger partial charge in [-0.2, -0.15) is 0 Å². The lowest BCUT2D eigenvalue weighted by Crippen LogP contribution is -2.42. The topological polar surface area (TPSA) is 190 Å². The Balaban J connectivity index is 1.86. The first kappa shape index (κ1) is 29.6. The number of esters is 1. The smallest absolute Gasteiger partial charge is 0.338 e. The number of carbonyl (C=O) groups excluding carboxylic acids is 2. The molecule has 3 aromatic carbocycles. The fourth-order valence-electron chi connectivity index (χ4n) is 4.83. The first-order chi connectivity index (χ1) is 21.1. The van der Waals surface area contributed by atoms with Gasteiger partial charge in [-0.25, -0.2) is 4.79 Å². The molecule has 44 heavy (non-hydrogen) atoms. The summed E-state index contributed by atoms with van der Waals surface area (Å²) in [6, 6.07) is 19.5. The zero-order valence-electron chi connectivity index (χ0n) is 23.0. The van der Waals surface area contributed by atoms with E-state index in [9.17, 15) is 34.6 Å². The summed E-state index contributed by atoms with van der Waals surface area (Å²) in [5.41, 5.74) is 5.96. The predicted molar refractivity (Wildman–Crippen MR) is 163 cm³/mol. The number of nitrogens with one attached hydrogen (secondary N) is 1. The second-order valence-corrected chi connectivity index (χ2v) is 10.5. The van der Waals surface area contributed by atoms with Gasteiger partial charge < -0.3 is 15.8 Å². The second kappa shape index (κ2) is 12.1. The number of nitro groups is 2. The number of fused-ring (bicyclic) bond motifs is 1. The molecule has 1 atom stereocenters.